The molecule has 0 saturated heterocycles. The van der Waals surface area contributed by atoms with Gasteiger partial charge in [0.05, 0.1) is 12.1 Å². The SMILES string of the molecule is Cc1ccc(C(C#N)C(=O)c2ccc([N+](=O)[O-])o2)cc1C. The number of ketones is 1. The van der Waals surface area contributed by atoms with Crippen LogP contribution in [-0.4, -0.2) is 10.7 Å². The van der Waals surface area contributed by atoms with Gasteiger partial charge in [-0.25, -0.2) is 0 Å². The van der Waals surface area contributed by atoms with Crippen LogP contribution in [0.5, 0.6) is 0 Å². The normalized spacial score (nSPS) is 11.7. The predicted molar refractivity (Wildman–Crippen MR) is 74.0 cm³/mol. The molecule has 0 N–H and O–H groups in total. The van der Waals surface area contributed by atoms with Crippen LogP contribution >= 0.6 is 0 Å². The van der Waals surface area contributed by atoms with E-state index in [4.69, 9.17) is 4.42 Å². The molecule has 1 atom stereocenters. The van der Waals surface area contributed by atoms with Gasteiger partial charge in [-0.15, -0.1) is 0 Å². The van der Waals surface area contributed by atoms with Crippen molar-refractivity contribution in [2.45, 2.75) is 19.8 Å². The predicted octanol–water partition coefficient (Wildman–Crippen LogP) is 3.29. The summed E-state index contributed by atoms with van der Waals surface area (Å²) >= 11 is 0. The third-order valence-electron chi connectivity index (χ3n) is 3.27. The number of nitrogens with zero attached hydrogens (tertiary/aromatic N) is 2. The number of Topliss-reactive ketones (excluding diaryl/α,β-unsaturated/α-hetero) is 1. The first kappa shape index (κ1) is 14.5. The van der Waals surface area contributed by atoms with Crippen LogP contribution in [0.2, 0.25) is 0 Å². The van der Waals surface area contributed by atoms with Gasteiger partial charge < -0.3 is 4.42 Å². The van der Waals surface area contributed by atoms with Crippen molar-refractivity contribution in [3.05, 3.63) is 62.9 Å². The summed E-state index contributed by atoms with van der Waals surface area (Å²) in [7, 11) is 0. The number of benzene rings is 1. The van der Waals surface area contributed by atoms with Crippen LogP contribution < -0.4 is 0 Å². The van der Waals surface area contributed by atoms with Gasteiger partial charge in [0, 0.05) is 0 Å². The Labute approximate surface area is 120 Å². The number of carbonyl (C=O) groups excluding carboxylic acids is 1. The van der Waals surface area contributed by atoms with E-state index in [0.29, 0.717) is 5.56 Å². The minimum Gasteiger partial charge on any atom is -0.397 e. The second-order valence-corrected chi connectivity index (χ2v) is 4.67. The zero-order valence-electron chi connectivity index (χ0n) is 11.5. The van der Waals surface area contributed by atoms with Crippen molar-refractivity contribution in [1.82, 2.24) is 0 Å². The van der Waals surface area contributed by atoms with Crippen LogP contribution in [0, 0.1) is 35.3 Å². The summed E-state index contributed by atoms with van der Waals surface area (Å²) in [6, 6.07) is 9.52. The number of nitro groups is 1. The van der Waals surface area contributed by atoms with Gasteiger partial charge in [0.15, 0.2) is 5.76 Å². The molecule has 0 aliphatic rings. The molecule has 21 heavy (non-hydrogen) atoms. The molecule has 0 bridgehead atoms. The Hall–Kier alpha value is -2.94. The molecule has 6 heteroatoms. The van der Waals surface area contributed by atoms with Gasteiger partial charge in [0.2, 0.25) is 5.78 Å². The lowest BCUT2D eigenvalue weighted by Gasteiger charge is -2.09. The highest BCUT2D eigenvalue weighted by Crippen LogP contribution is 2.25. The van der Waals surface area contributed by atoms with Gasteiger partial charge in [0.1, 0.15) is 10.8 Å². The van der Waals surface area contributed by atoms with Crippen molar-refractivity contribution in [2.75, 3.05) is 0 Å². The summed E-state index contributed by atoms with van der Waals surface area (Å²) in [5.41, 5.74) is 2.56. The van der Waals surface area contributed by atoms with Crippen LogP contribution in [0.25, 0.3) is 0 Å². The highest BCUT2D eigenvalue weighted by Gasteiger charge is 2.26. The topological polar surface area (TPSA) is 97.1 Å². The molecule has 0 saturated carbocycles. The Bertz CT molecular complexity index is 755. The van der Waals surface area contributed by atoms with E-state index in [1.165, 1.54) is 6.07 Å². The van der Waals surface area contributed by atoms with Crippen LogP contribution in [0.15, 0.2) is 34.7 Å². The summed E-state index contributed by atoms with van der Waals surface area (Å²) in [5, 5.41) is 19.8. The minimum atomic E-state index is -1.05. The fourth-order valence-corrected chi connectivity index (χ4v) is 1.93. The molecule has 1 heterocycles. The number of hydrogen-bond acceptors (Lipinski definition) is 5. The average molecular weight is 284 g/mol. The van der Waals surface area contributed by atoms with Crippen LogP contribution in [0.4, 0.5) is 5.88 Å². The van der Waals surface area contributed by atoms with Gasteiger partial charge in [-0.3, -0.25) is 14.9 Å². The molecule has 2 rings (SSSR count). The fraction of sp³-hybridized carbons (Fsp3) is 0.200. The van der Waals surface area contributed by atoms with E-state index < -0.39 is 22.5 Å². The number of aryl methyl sites for hydroxylation is 2. The standard InChI is InChI=1S/C15H12N2O4/c1-9-3-4-11(7-10(9)2)12(8-16)15(18)13-5-6-14(21-13)17(19)20/h3-7,12H,1-2H3. The van der Waals surface area contributed by atoms with Gasteiger partial charge in [-0.2, -0.15) is 5.26 Å². The third-order valence-corrected chi connectivity index (χ3v) is 3.27. The monoisotopic (exact) mass is 284 g/mol. The Morgan fingerprint density at radius 3 is 2.52 bits per heavy atom. The highest BCUT2D eigenvalue weighted by atomic mass is 16.6. The van der Waals surface area contributed by atoms with Crippen LogP contribution in [0.1, 0.15) is 33.2 Å². The van der Waals surface area contributed by atoms with Crippen LogP contribution in [-0.2, 0) is 0 Å². The average Bonchev–Trinajstić information content (AvgIpc) is 2.93. The van der Waals surface area contributed by atoms with E-state index in [2.05, 4.69) is 0 Å². The number of hydrogen-bond donors (Lipinski definition) is 0. The van der Waals surface area contributed by atoms with Crippen molar-refractivity contribution in [1.29, 1.82) is 5.26 Å². The molecular formula is C15H12N2O4. The molecule has 1 aromatic heterocycles. The van der Waals surface area contributed by atoms with E-state index in [0.717, 1.165) is 17.2 Å². The maximum absolute atomic E-state index is 12.3. The quantitative estimate of drug-likeness (QED) is 0.487. The maximum atomic E-state index is 12.3. The lowest BCUT2D eigenvalue weighted by Crippen LogP contribution is -2.10. The number of rotatable bonds is 4. The van der Waals surface area contributed by atoms with Crippen molar-refractivity contribution in [3.8, 4) is 6.07 Å². The van der Waals surface area contributed by atoms with E-state index in [1.807, 2.05) is 26.0 Å². The molecule has 1 aromatic carbocycles. The second-order valence-electron chi connectivity index (χ2n) is 4.67. The van der Waals surface area contributed by atoms with Gasteiger partial charge >= 0.3 is 5.88 Å². The molecule has 0 aliphatic carbocycles. The molecule has 0 spiro atoms. The third kappa shape index (κ3) is 2.82. The van der Waals surface area contributed by atoms with Crippen molar-refractivity contribution >= 4 is 11.7 Å². The molecule has 1 unspecified atom stereocenters. The van der Waals surface area contributed by atoms with E-state index >= 15 is 0 Å². The summed E-state index contributed by atoms with van der Waals surface area (Å²) in [5.74, 6) is -2.34. The molecule has 0 fully saturated rings. The lowest BCUT2D eigenvalue weighted by molar-refractivity contribution is -0.402. The molecule has 106 valence electrons. The first-order valence-corrected chi connectivity index (χ1v) is 6.19. The zero-order chi connectivity index (χ0) is 15.6. The van der Waals surface area contributed by atoms with Crippen molar-refractivity contribution in [2.24, 2.45) is 0 Å². The number of furan rings is 1. The summed E-state index contributed by atoms with van der Waals surface area (Å²) < 4.78 is 4.87. The van der Waals surface area contributed by atoms with Gasteiger partial charge in [-0.05, 0) is 36.6 Å². The Morgan fingerprint density at radius 1 is 1.29 bits per heavy atom. The molecule has 0 aliphatic heterocycles. The van der Waals surface area contributed by atoms with Crippen LogP contribution in [0.3, 0.4) is 0 Å². The summed E-state index contributed by atoms with van der Waals surface area (Å²) in [6.07, 6.45) is 0. The van der Waals surface area contributed by atoms with E-state index in [9.17, 15) is 20.2 Å². The van der Waals surface area contributed by atoms with Gasteiger partial charge in [-0.1, -0.05) is 18.2 Å². The van der Waals surface area contributed by atoms with Crippen molar-refractivity contribution < 1.29 is 14.1 Å². The summed E-state index contributed by atoms with van der Waals surface area (Å²) in [6.45, 7) is 3.81. The Kier molecular flexibility index (Phi) is 3.85. The molecule has 0 radical (unpaired) electrons. The zero-order valence-corrected chi connectivity index (χ0v) is 11.5. The van der Waals surface area contributed by atoms with E-state index in [-0.39, 0.29) is 5.76 Å². The van der Waals surface area contributed by atoms with Crippen molar-refractivity contribution in [3.63, 3.8) is 0 Å². The first-order chi connectivity index (χ1) is 9.93. The fourth-order valence-electron chi connectivity index (χ4n) is 1.93. The molecule has 0 amide bonds. The van der Waals surface area contributed by atoms with Gasteiger partial charge in [0.25, 0.3) is 0 Å². The number of nitriles is 1. The maximum Gasteiger partial charge on any atom is 0.433 e. The highest BCUT2D eigenvalue weighted by molar-refractivity contribution is 6.00. The Balaban J connectivity index is 2.36. The Morgan fingerprint density at radius 2 is 2.00 bits per heavy atom. The first-order valence-electron chi connectivity index (χ1n) is 6.19. The summed E-state index contributed by atoms with van der Waals surface area (Å²) in [4.78, 5) is 22.1. The molecule has 2 aromatic rings. The molecular weight excluding hydrogens is 272 g/mol. The van der Waals surface area contributed by atoms with E-state index in [1.54, 1.807) is 12.1 Å². The smallest absolute Gasteiger partial charge is 0.397 e. The minimum absolute atomic E-state index is 0.188. The number of carbonyl (C=O) groups is 1. The largest absolute Gasteiger partial charge is 0.433 e. The molecule has 6 nitrogen and oxygen atoms in total. The lowest BCUT2D eigenvalue weighted by atomic mass is 9.92. The second kappa shape index (κ2) is 5.59.